The van der Waals surface area contributed by atoms with E-state index >= 15 is 0 Å². The summed E-state index contributed by atoms with van der Waals surface area (Å²) >= 11 is 3.43. The zero-order valence-corrected chi connectivity index (χ0v) is 9.71. The Morgan fingerprint density at radius 3 is 3.00 bits per heavy atom. The Kier molecular flexibility index (Phi) is 4.45. The molecule has 0 aliphatic carbocycles. The predicted octanol–water partition coefficient (Wildman–Crippen LogP) is 1.56. The van der Waals surface area contributed by atoms with Crippen LogP contribution in [0.3, 0.4) is 0 Å². The number of aryl methyl sites for hydroxylation is 1. The van der Waals surface area contributed by atoms with E-state index in [-0.39, 0.29) is 0 Å². The number of rotatable bonds is 5. The molecule has 1 N–H and O–H groups in total. The van der Waals surface area contributed by atoms with E-state index in [1.54, 1.807) is 0 Å². The van der Waals surface area contributed by atoms with Crippen LogP contribution in [-0.4, -0.2) is 27.5 Å². The van der Waals surface area contributed by atoms with E-state index < -0.39 is 0 Å². The zero-order valence-electron chi connectivity index (χ0n) is 8.13. The molecule has 1 unspecified atom stereocenters. The van der Waals surface area contributed by atoms with E-state index in [2.05, 4.69) is 37.7 Å². The predicted molar refractivity (Wildman–Crippen MR) is 58.2 cm³/mol. The third-order valence-electron chi connectivity index (χ3n) is 2.00. The molecule has 0 amide bonds. The molecule has 1 rings (SSSR count). The molecule has 0 aliphatic heterocycles. The van der Waals surface area contributed by atoms with Gasteiger partial charge >= 0.3 is 0 Å². The molecule has 1 atom stereocenters. The SMILES string of the molecule is Cc1nccn1CCNC(C)CBr. The third kappa shape index (κ3) is 3.48. The Morgan fingerprint density at radius 1 is 1.69 bits per heavy atom. The second-order valence-corrected chi connectivity index (χ2v) is 3.82. The summed E-state index contributed by atoms with van der Waals surface area (Å²) in [4.78, 5) is 4.16. The summed E-state index contributed by atoms with van der Waals surface area (Å²) < 4.78 is 2.15. The van der Waals surface area contributed by atoms with Crippen molar-refractivity contribution in [3.8, 4) is 0 Å². The van der Waals surface area contributed by atoms with Crippen LogP contribution in [0, 0.1) is 6.92 Å². The topological polar surface area (TPSA) is 29.9 Å². The van der Waals surface area contributed by atoms with E-state index in [4.69, 9.17) is 0 Å². The lowest BCUT2D eigenvalue weighted by atomic mass is 10.4. The highest BCUT2D eigenvalue weighted by Crippen LogP contribution is 1.94. The van der Waals surface area contributed by atoms with Gasteiger partial charge in [0.2, 0.25) is 0 Å². The van der Waals surface area contributed by atoms with E-state index in [9.17, 15) is 0 Å². The third-order valence-corrected chi connectivity index (χ3v) is 2.97. The van der Waals surface area contributed by atoms with E-state index in [0.29, 0.717) is 6.04 Å². The molecule has 1 aromatic rings. The molecule has 1 heterocycles. The molecular formula is C9H16BrN3. The Hall–Kier alpha value is -0.350. The smallest absolute Gasteiger partial charge is 0.105 e. The van der Waals surface area contributed by atoms with Crippen LogP contribution < -0.4 is 5.32 Å². The maximum absolute atomic E-state index is 4.16. The molecule has 0 radical (unpaired) electrons. The number of aromatic nitrogens is 2. The molecule has 0 fully saturated rings. The number of nitrogens with zero attached hydrogens (tertiary/aromatic N) is 2. The first kappa shape index (κ1) is 10.7. The highest BCUT2D eigenvalue weighted by molar-refractivity contribution is 9.09. The fourth-order valence-corrected chi connectivity index (χ4v) is 1.35. The summed E-state index contributed by atoms with van der Waals surface area (Å²) in [6.45, 7) is 6.16. The summed E-state index contributed by atoms with van der Waals surface area (Å²) in [7, 11) is 0. The summed E-state index contributed by atoms with van der Waals surface area (Å²) in [5.74, 6) is 1.08. The van der Waals surface area contributed by atoms with Gasteiger partial charge in [0.15, 0.2) is 0 Å². The fourth-order valence-electron chi connectivity index (χ4n) is 1.13. The van der Waals surface area contributed by atoms with Gasteiger partial charge in [-0.15, -0.1) is 0 Å². The summed E-state index contributed by atoms with van der Waals surface area (Å²) in [6, 6.07) is 0.531. The molecule has 1 aromatic heterocycles. The van der Waals surface area contributed by atoms with Gasteiger partial charge in [0, 0.05) is 36.9 Å². The first-order valence-corrected chi connectivity index (χ1v) is 5.63. The van der Waals surface area contributed by atoms with Gasteiger partial charge in [0.05, 0.1) is 0 Å². The average Bonchev–Trinajstić information content (AvgIpc) is 2.52. The van der Waals surface area contributed by atoms with Crippen LogP contribution in [0.1, 0.15) is 12.7 Å². The number of alkyl halides is 1. The van der Waals surface area contributed by atoms with Crippen molar-refractivity contribution in [1.29, 1.82) is 0 Å². The van der Waals surface area contributed by atoms with E-state index in [0.717, 1.165) is 24.2 Å². The molecule has 0 aromatic carbocycles. The largest absolute Gasteiger partial charge is 0.334 e. The number of nitrogens with one attached hydrogen (secondary N) is 1. The van der Waals surface area contributed by atoms with Crippen molar-refractivity contribution in [3.05, 3.63) is 18.2 Å². The minimum Gasteiger partial charge on any atom is -0.334 e. The van der Waals surface area contributed by atoms with Crippen molar-refractivity contribution in [2.75, 3.05) is 11.9 Å². The molecule has 74 valence electrons. The van der Waals surface area contributed by atoms with Gasteiger partial charge in [-0.1, -0.05) is 15.9 Å². The van der Waals surface area contributed by atoms with E-state index in [1.165, 1.54) is 0 Å². The number of imidazole rings is 1. The van der Waals surface area contributed by atoms with Crippen molar-refractivity contribution in [3.63, 3.8) is 0 Å². The van der Waals surface area contributed by atoms with Crippen LogP contribution in [0.5, 0.6) is 0 Å². The molecule has 0 saturated carbocycles. The minimum absolute atomic E-state index is 0.531. The molecule has 3 nitrogen and oxygen atoms in total. The zero-order chi connectivity index (χ0) is 9.68. The van der Waals surface area contributed by atoms with Crippen LogP contribution in [0.25, 0.3) is 0 Å². The maximum atomic E-state index is 4.16. The van der Waals surface area contributed by atoms with Gasteiger partial charge in [-0.05, 0) is 13.8 Å². The van der Waals surface area contributed by atoms with Crippen LogP contribution in [0.15, 0.2) is 12.4 Å². The van der Waals surface area contributed by atoms with Crippen LogP contribution >= 0.6 is 15.9 Å². The average molecular weight is 246 g/mol. The summed E-state index contributed by atoms with van der Waals surface area (Å²) in [5.41, 5.74) is 0. The van der Waals surface area contributed by atoms with Gasteiger partial charge in [0.1, 0.15) is 5.82 Å². The second-order valence-electron chi connectivity index (χ2n) is 3.18. The van der Waals surface area contributed by atoms with Gasteiger partial charge in [-0.2, -0.15) is 0 Å². The van der Waals surface area contributed by atoms with Crippen molar-refractivity contribution < 1.29 is 0 Å². The summed E-state index contributed by atoms with van der Waals surface area (Å²) in [5, 5.41) is 4.40. The van der Waals surface area contributed by atoms with Crippen LogP contribution in [0.4, 0.5) is 0 Å². The lowest BCUT2D eigenvalue weighted by Crippen LogP contribution is -2.30. The van der Waals surface area contributed by atoms with E-state index in [1.807, 2.05) is 19.3 Å². The van der Waals surface area contributed by atoms with Crippen LogP contribution in [0.2, 0.25) is 0 Å². The molecule has 4 heteroatoms. The van der Waals surface area contributed by atoms with Gasteiger partial charge < -0.3 is 9.88 Å². The lowest BCUT2D eigenvalue weighted by Gasteiger charge is -2.11. The normalized spacial score (nSPS) is 13.2. The van der Waals surface area contributed by atoms with Crippen molar-refractivity contribution in [2.45, 2.75) is 26.4 Å². The Bertz CT molecular complexity index is 247. The Labute approximate surface area is 87.7 Å². The van der Waals surface area contributed by atoms with Crippen molar-refractivity contribution in [2.24, 2.45) is 0 Å². The first-order chi connectivity index (χ1) is 6.24. The molecule has 0 aliphatic rings. The van der Waals surface area contributed by atoms with Gasteiger partial charge in [-0.3, -0.25) is 0 Å². The second kappa shape index (κ2) is 5.40. The molecule has 0 saturated heterocycles. The molecule has 0 spiro atoms. The molecule has 0 bridgehead atoms. The minimum atomic E-state index is 0.531. The van der Waals surface area contributed by atoms with Crippen molar-refractivity contribution >= 4 is 15.9 Å². The highest BCUT2D eigenvalue weighted by atomic mass is 79.9. The molecule has 13 heavy (non-hydrogen) atoms. The van der Waals surface area contributed by atoms with Gasteiger partial charge in [0.25, 0.3) is 0 Å². The summed E-state index contributed by atoms with van der Waals surface area (Å²) in [6.07, 6.45) is 3.85. The molecular weight excluding hydrogens is 230 g/mol. The highest BCUT2D eigenvalue weighted by Gasteiger charge is 1.99. The maximum Gasteiger partial charge on any atom is 0.105 e. The van der Waals surface area contributed by atoms with Crippen LogP contribution in [-0.2, 0) is 6.54 Å². The van der Waals surface area contributed by atoms with Crippen molar-refractivity contribution in [1.82, 2.24) is 14.9 Å². The fraction of sp³-hybridized carbons (Fsp3) is 0.667. The Morgan fingerprint density at radius 2 is 2.46 bits per heavy atom. The first-order valence-electron chi connectivity index (χ1n) is 4.51. The quantitative estimate of drug-likeness (QED) is 0.799. The monoisotopic (exact) mass is 245 g/mol. The standard InChI is InChI=1S/C9H16BrN3/c1-8(7-10)11-3-5-13-6-4-12-9(13)2/h4,6,8,11H,3,5,7H2,1-2H3. The lowest BCUT2D eigenvalue weighted by molar-refractivity contribution is 0.541. The number of hydrogen-bond donors (Lipinski definition) is 1. The Balaban J connectivity index is 2.24. The number of halogens is 1. The number of hydrogen-bond acceptors (Lipinski definition) is 2. The van der Waals surface area contributed by atoms with Gasteiger partial charge in [-0.25, -0.2) is 4.98 Å².